The minimum absolute atomic E-state index is 0.429. The van der Waals surface area contributed by atoms with Gasteiger partial charge < -0.3 is 14.2 Å². The Bertz CT molecular complexity index is 788. The van der Waals surface area contributed by atoms with E-state index >= 15 is 0 Å². The van der Waals surface area contributed by atoms with E-state index in [4.69, 9.17) is 13.8 Å². The molecule has 1 aromatic heterocycles. The first-order valence-corrected chi connectivity index (χ1v) is 16.0. The molecule has 5 nitrogen and oxygen atoms in total. The zero-order chi connectivity index (χ0) is 18.2. The molecule has 1 N–H and O–H groups in total. The lowest BCUT2D eigenvalue weighted by Crippen LogP contribution is -2.32. The highest BCUT2D eigenvalue weighted by Crippen LogP contribution is 2.41. The van der Waals surface area contributed by atoms with Gasteiger partial charge in [-0.1, -0.05) is 23.9 Å². The molecule has 0 amide bonds. The fraction of sp³-hybridized carbons (Fsp3) is 0.412. The van der Waals surface area contributed by atoms with Gasteiger partial charge in [0.1, 0.15) is 5.03 Å². The van der Waals surface area contributed by atoms with E-state index in [2.05, 4.69) is 61.7 Å². The zero-order valence-corrected chi connectivity index (χ0v) is 18.5. The van der Waals surface area contributed by atoms with Crippen LogP contribution < -0.4 is 14.2 Å². The third-order valence-corrected chi connectivity index (χ3v) is 5.97. The van der Waals surface area contributed by atoms with Gasteiger partial charge >= 0.3 is 6.01 Å². The number of hydrogen-bond acceptors (Lipinski definition) is 6. The van der Waals surface area contributed by atoms with E-state index in [1.54, 1.807) is 11.8 Å². The maximum Gasteiger partial charge on any atom is 0.306 e. The number of benzene rings is 1. The third-order valence-electron chi connectivity index (χ3n) is 3.26. The van der Waals surface area contributed by atoms with Gasteiger partial charge in [-0.05, 0) is 51.4 Å². The largest absolute Gasteiger partial charge is 0.531 e. The molecule has 0 unspecified atom stereocenters. The molecular weight excluding hydrogens is 366 g/mol. The predicted octanol–water partition coefficient (Wildman–Crippen LogP) is 4.98. The molecular formula is C17H25N3O2SSi2. The first kappa shape index (κ1) is 18.3. The van der Waals surface area contributed by atoms with Gasteiger partial charge in [0.25, 0.3) is 0 Å². The maximum absolute atomic E-state index is 6.28. The molecule has 2 aromatic rings. The number of hydrogen-bond donors (Lipinski definition) is 1. The van der Waals surface area contributed by atoms with Crippen molar-refractivity contribution in [3.63, 3.8) is 0 Å². The van der Waals surface area contributed by atoms with Crippen molar-refractivity contribution in [1.29, 1.82) is 0 Å². The summed E-state index contributed by atoms with van der Waals surface area (Å²) in [6.07, 6.45) is 0. The van der Waals surface area contributed by atoms with Crippen LogP contribution >= 0.6 is 11.8 Å². The van der Waals surface area contributed by atoms with E-state index in [1.807, 2.05) is 12.1 Å². The van der Waals surface area contributed by atoms with Crippen molar-refractivity contribution < 1.29 is 8.85 Å². The first-order chi connectivity index (χ1) is 11.6. The molecule has 25 heavy (non-hydrogen) atoms. The van der Waals surface area contributed by atoms with Gasteiger partial charge in [-0.2, -0.15) is 9.97 Å². The van der Waals surface area contributed by atoms with Gasteiger partial charge in [-0.25, -0.2) is 0 Å². The Labute approximate surface area is 155 Å². The summed E-state index contributed by atoms with van der Waals surface area (Å²) < 4.78 is 12.3. The molecule has 0 spiro atoms. The van der Waals surface area contributed by atoms with Crippen LogP contribution in [0.15, 0.2) is 34.2 Å². The molecule has 1 aliphatic rings. The number of aromatic nitrogens is 2. The van der Waals surface area contributed by atoms with Crippen LogP contribution in [0.2, 0.25) is 39.3 Å². The van der Waals surface area contributed by atoms with Gasteiger partial charge in [0.05, 0.1) is 5.56 Å². The monoisotopic (exact) mass is 391 g/mol. The highest BCUT2D eigenvalue weighted by Gasteiger charge is 2.27. The van der Waals surface area contributed by atoms with Gasteiger partial charge in [0, 0.05) is 17.1 Å². The van der Waals surface area contributed by atoms with Crippen LogP contribution in [0, 0.1) is 0 Å². The second-order valence-corrected chi connectivity index (χ2v) is 17.9. The number of anilines is 1. The molecule has 134 valence electrons. The minimum Gasteiger partial charge on any atom is -0.531 e. The van der Waals surface area contributed by atoms with E-state index in [1.165, 1.54) is 0 Å². The van der Waals surface area contributed by atoms with Gasteiger partial charge in [-0.15, -0.1) is 0 Å². The quantitative estimate of drug-likeness (QED) is 0.586. The maximum atomic E-state index is 6.28. The molecule has 0 fully saturated rings. The topological polar surface area (TPSA) is 56.3 Å². The van der Waals surface area contributed by atoms with Crippen molar-refractivity contribution in [3.8, 4) is 11.9 Å². The Balaban J connectivity index is 2.07. The van der Waals surface area contributed by atoms with Crippen LogP contribution in [0.5, 0.6) is 11.9 Å². The summed E-state index contributed by atoms with van der Waals surface area (Å²) in [7, 11) is -3.61. The van der Waals surface area contributed by atoms with Crippen LogP contribution in [-0.2, 0) is 6.54 Å². The summed E-state index contributed by atoms with van der Waals surface area (Å²) in [6, 6.07) is 8.69. The Morgan fingerprint density at radius 1 is 0.960 bits per heavy atom. The molecule has 0 bridgehead atoms. The highest BCUT2D eigenvalue weighted by atomic mass is 32.2. The standard InChI is InChI=1S/C17H25N3O2SSi2/c1-24(2,3)21-15-12-11-18-13-9-7-8-10-14(13)23-16(12)20-17(19-15)22-25(4,5)6/h7-10,18H,11H2,1-6H3. The lowest BCUT2D eigenvalue weighted by molar-refractivity contribution is 0.463. The molecule has 8 heteroatoms. The van der Waals surface area contributed by atoms with E-state index < -0.39 is 16.6 Å². The molecule has 1 aliphatic heterocycles. The SMILES string of the molecule is C[Si](C)(C)Oc1nc(O[Si](C)(C)C)c2c(n1)Sc1ccccc1NC2. The van der Waals surface area contributed by atoms with E-state index in [0.717, 1.165) is 21.2 Å². The fourth-order valence-electron chi connectivity index (χ4n) is 2.34. The summed E-state index contributed by atoms with van der Waals surface area (Å²) in [4.78, 5) is 10.5. The van der Waals surface area contributed by atoms with Crippen LogP contribution in [0.1, 0.15) is 5.56 Å². The molecule has 1 aromatic carbocycles. The normalized spacial score (nSPS) is 14.0. The molecule has 0 atom stereocenters. The highest BCUT2D eigenvalue weighted by molar-refractivity contribution is 7.99. The predicted molar refractivity (Wildman–Crippen MR) is 108 cm³/mol. The van der Waals surface area contributed by atoms with Crippen molar-refractivity contribution in [3.05, 3.63) is 29.8 Å². The number of nitrogens with one attached hydrogen (secondary N) is 1. The molecule has 0 aliphatic carbocycles. The molecule has 3 rings (SSSR count). The number of rotatable bonds is 4. The molecule has 0 saturated carbocycles. The average molecular weight is 392 g/mol. The van der Waals surface area contributed by atoms with E-state index in [9.17, 15) is 0 Å². The smallest absolute Gasteiger partial charge is 0.306 e. The fourth-order valence-corrected chi connectivity index (χ4v) is 4.74. The summed E-state index contributed by atoms with van der Waals surface area (Å²) in [5.74, 6) is 0.658. The zero-order valence-electron chi connectivity index (χ0n) is 15.6. The summed E-state index contributed by atoms with van der Waals surface area (Å²) in [6.45, 7) is 13.5. The Morgan fingerprint density at radius 2 is 1.64 bits per heavy atom. The molecule has 0 saturated heterocycles. The van der Waals surface area contributed by atoms with Crippen LogP contribution in [-0.4, -0.2) is 26.6 Å². The number of fused-ring (bicyclic) bond motifs is 2. The van der Waals surface area contributed by atoms with Gasteiger partial charge in [-0.3, -0.25) is 0 Å². The van der Waals surface area contributed by atoms with E-state index in [0.29, 0.717) is 18.4 Å². The summed E-state index contributed by atoms with van der Waals surface area (Å²) >= 11 is 1.64. The Kier molecular flexibility index (Phi) is 4.87. The first-order valence-electron chi connectivity index (χ1n) is 8.40. The summed E-state index contributed by atoms with van der Waals surface area (Å²) in [5.41, 5.74) is 2.11. The minimum atomic E-state index is -1.81. The van der Waals surface area contributed by atoms with Crippen LogP contribution in [0.4, 0.5) is 5.69 Å². The van der Waals surface area contributed by atoms with Crippen molar-refractivity contribution in [2.45, 2.75) is 55.7 Å². The van der Waals surface area contributed by atoms with Crippen molar-refractivity contribution >= 4 is 34.1 Å². The van der Waals surface area contributed by atoms with Gasteiger partial charge in [0.2, 0.25) is 22.5 Å². The molecule has 2 heterocycles. The average Bonchev–Trinajstić information content (AvgIpc) is 2.62. The lowest BCUT2D eigenvalue weighted by atomic mass is 10.3. The Morgan fingerprint density at radius 3 is 2.32 bits per heavy atom. The van der Waals surface area contributed by atoms with Crippen molar-refractivity contribution in [1.82, 2.24) is 9.97 Å². The van der Waals surface area contributed by atoms with Gasteiger partial charge in [0.15, 0.2) is 0 Å². The van der Waals surface area contributed by atoms with Crippen LogP contribution in [0.25, 0.3) is 0 Å². The number of nitrogens with zero attached hydrogens (tertiary/aromatic N) is 2. The number of para-hydroxylation sites is 1. The molecule has 0 radical (unpaired) electrons. The van der Waals surface area contributed by atoms with Crippen LogP contribution in [0.3, 0.4) is 0 Å². The second-order valence-electron chi connectivity index (χ2n) is 7.98. The van der Waals surface area contributed by atoms with E-state index in [-0.39, 0.29) is 0 Å². The third kappa shape index (κ3) is 4.77. The Hall–Kier alpha value is -1.52. The van der Waals surface area contributed by atoms with Crippen molar-refractivity contribution in [2.75, 3.05) is 5.32 Å². The summed E-state index contributed by atoms with van der Waals surface area (Å²) in [5, 5.41) is 4.39. The van der Waals surface area contributed by atoms with Crippen molar-refractivity contribution in [2.24, 2.45) is 0 Å². The lowest BCUT2D eigenvalue weighted by Gasteiger charge is -2.23. The second kappa shape index (κ2) is 6.66.